The number of benzene rings is 3. The normalized spacial score (nSPS) is 18.1. The first-order valence-corrected chi connectivity index (χ1v) is 19.9. The van der Waals surface area contributed by atoms with Gasteiger partial charge in [0.05, 0.1) is 24.9 Å². The highest BCUT2D eigenvalue weighted by atomic mass is 16.7. The molecule has 0 saturated carbocycles. The van der Waals surface area contributed by atoms with Crippen molar-refractivity contribution in [1.29, 1.82) is 0 Å². The van der Waals surface area contributed by atoms with Crippen LogP contribution in [0.4, 0.5) is 0 Å². The van der Waals surface area contributed by atoms with Crippen LogP contribution in [-0.4, -0.2) is 52.4 Å². The van der Waals surface area contributed by atoms with Crippen LogP contribution in [0.2, 0.25) is 0 Å². The molecule has 1 saturated heterocycles. The average molecular weight is 717 g/mol. The van der Waals surface area contributed by atoms with Crippen LogP contribution >= 0.6 is 0 Å². The van der Waals surface area contributed by atoms with Gasteiger partial charge in [-0.2, -0.15) is 0 Å². The number of carbonyl (C=O) groups is 1. The minimum Gasteiger partial charge on any atom is -0.508 e. The molecule has 0 radical (unpaired) electrons. The SMILES string of the molecule is CCCCCCCCCCCCCCCC(=O)NCc1ccc(C2O[C@H](CN(C)C[C@@H](O)c3cccc(O)c3)C[C@H](c3ccc(CO)cc3)O2)cc1. The molecule has 4 N–H and O–H groups in total. The second-order valence-electron chi connectivity index (χ2n) is 14.7. The number of aromatic hydroxyl groups is 1. The second-order valence-corrected chi connectivity index (χ2v) is 14.7. The number of phenols is 1. The van der Waals surface area contributed by atoms with Crippen molar-refractivity contribution in [3.8, 4) is 5.75 Å². The first-order chi connectivity index (χ1) is 25.3. The Kier molecular flexibility index (Phi) is 18.7. The number of aliphatic hydroxyl groups excluding tert-OH is 2. The van der Waals surface area contributed by atoms with Crippen LogP contribution in [0.3, 0.4) is 0 Å². The molecule has 52 heavy (non-hydrogen) atoms. The summed E-state index contributed by atoms with van der Waals surface area (Å²) < 4.78 is 13.0. The van der Waals surface area contributed by atoms with E-state index < -0.39 is 12.4 Å². The number of carbonyl (C=O) groups excluding carboxylic acids is 1. The molecule has 1 heterocycles. The van der Waals surface area contributed by atoms with Crippen LogP contribution in [0.25, 0.3) is 0 Å². The van der Waals surface area contributed by atoms with Gasteiger partial charge in [0.15, 0.2) is 6.29 Å². The molecule has 1 amide bonds. The number of phenolic OH excluding ortho intramolecular Hbond substituents is 1. The Morgan fingerprint density at radius 3 is 2.02 bits per heavy atom. The summed E-state index contributed by atoms with van der Waals surface area (Å²) in [6.07, 6.45) is 16.3. The lowest BCUT2D eigenvalue weighted by Crippen LogP contribution is -2.39. The summed E-state index contributed by atoms with van der Waals surface area (Å²) >= 11 is 0. The first kappa shape index (κ1) is 41.5. The van der Waals surface area contributed by atoms with Gasteiger partial charge in [-0.3, -0.25) is 4.79 Å². The van der Waals surface area contributed by atoms with E-state index in [0.717, 1.165) is 35.1 Å². The third kappa shape index (κ3) is 15.0. The summed E-state index contributed by atoms with van der Waals surface area (Å²) in [4.78, 5) is 14.6. The molecule has 0 aromatic heterocycles. The van der Waals surface area contributed by atoms with Gasteiger partial charge in [0.25, 0.3) is 0 Å². The van der Waals surface area contributed by atoms with Crippen LogP contribution in [-0.2, 0) is 27.4 Å². The molecule has 0 aliphatic carbocycles. The molecule has 3 aromatic carbocycles. The number of rotatable bonds is 24. The van der Waals surface area contributed by atoms with Crippen LogP contribution in [0, 0.1) is 0 Å². The average Bonchev–Trinajstić information content (AvgIpc) is 3.16. The first-order valence-electron chi connectivity index (χ1n) is 19.9. The molecule has 1 fully saturated rings. The standard InChI is InChI=1S/C44H64N2O6/c1-3-4-5-6-7-8-9-10-11-12-13-14-15-19-43(50)45-30-34-20-26-37(27-21-34)44-51-40(29-42(52-44)36-24-22-35(33-47)23-25-36)31-46(2)32-41(49)38-17-16-18-39(48)28-38/h16-18,20-28,40-42,44,47-49H,3-15,19,29-33H2,1-2H3,(H,45,50)/t40-,41+,42+,44?/m0/s1. The molecule has 4 atom stereocenters. The summed E-state index contributed by atoms with van der Waals surface area (Å²) in [6.45, 7) is 3.69. The maximum Gasteiger partial charge on any atom is 0.220 e. The lowest BCUT2D eigenvalue weighted by Gasteiger charge is -2.38. The Morgan fingerprint density at radius 2 is 1.40 bits per heavy atom. The van der Waals surface area contributed by atoms with Gasteiger partial charge in [0.2, 0.25) is 5.91 Å². The fraction of sp³-hybridized carbons (Fsp3) is 0.568. The van der Waals surface area contributed by atoms with E-state index >= 15 is 0 Å². The Bertz CT molecular complexity index is 1410. The molecule has 8 nitrogen and oxygen atoms in total. The predicted molar refractivity (Wildman–Crippen MR) is 208 cm³/mol. The van der Waals surface area contributed by atoms with Gasteiger partial charge < -0.3 is 35.0 Å². The molecule has 1 aliphatic rings. The van der Waals surface area contributed by atoms with Gasteiger partial charge in [-0.25, -0.2) is 0 Å². The number of likely N-dealkylation sites (N-methyl/N-ethyl adjacent to an activating group) is 1. The molecule has 1 unspecified atom stereocenters. The number of hydrogen-bond donors (Lipinski definition) is 4. The van der Waals surface area contributed by atoms with Crippen molar-refractivity contribution in [2.24, 2.45) is 0 Å². The number of aliphatic hydroxyl groups is 2. The molecule has 8 heteroatoms. The molecule has 0 bridgehead atoms. The van der Waals surface area contributed by atoms with E-state index in [4.69, 9.17) is 9.47 Å². The maximum absolute atomic E-state index is 12.5. The summed E-state index contributed by atoms with van der Waals surface area (Å²) in [5, 5.41) is 33.3. The number of hydrogen-bond acceptors (Lipinski definition) is 7. The number of nitrogens with zero attached hydrogens (tertiary/aromatic N) is 1. The number of amides is 1. The Labute approximate surface area is 312 Å². The zero-order valence-corrected chi connectivity index (χ0v) is 31.7. The maximum atomic E-state index is 12.5. The summed E-state index contributed by atoms with van der Waals surface area (Å²) in [5.41, 5.74) is 4.44. The lowest BCUT2D eigenvalue weighted by molar-refractivity contribution is -0.252. The molecule has 3 aromatic rings. The molecule has 1 aliphatic heterocycles. The van der Waals surface area contributed by atoms with E-state index in [9.17, 15) is 20.1 Å². The van der Waals surface area contributed by atoms with Gasteiger partial charge in [-0.15, -0.1) is 0 Å². The van der Waals surface area contributed by atoms with E-state index in [1.165, 1.54) is 70.6 Å². The monoisotopic (exact) mass is 716 g/mol. The largest absolute Gasteiger partial charge is 0.508 e. The van der Waals surface area contributed by atoms with Crippen molar-refractivity contribution in [1.82, 2.24) is 10.2 Å². The molecule has 4 rings (SSSR count). The van der Waals surface area contributed by atoms with Gasteiger partial charge in [0, 0.05) is 38.0 Å². The van der Waals surface area contributed by atoms with Crippen LogP contribution < -0.4 is 5.32 Å². The lowest BCUT2D eigenvalue weighted by atomic mass is 9.99. The van der Waals surface area contributed by atoms with Crippen LogP contribution in [0.5, 0.6) is 5.75 Å². The van der Waals surface area contributed by atoms with Gasteiger partial charge >= 0.3 is 0 Å². The highest BCUT2D eigenvalue weighted by molar-refractivity contribution is 5.75. The second kappa shape index (κ2) is 23.4. The molecule has 0 spiro atoms. The predicted octanol–water partition coefficient (Wildman–Crippen LogP) is 9.19. The number of unbranched alkanes of at least 4 members (excludes halogenated alkanes) is 12. The zero-order valence-electron chi connectivity index (χ0n) is 31.7. The highest BCUT2D eigenvalue weighted by Gasteiger charge is 2.33. The number of nitrogens with one attached hydrogen (secondary N) is 1. The van der Waals surface area contributed by atoms with Crippen molar-refractivity contribution in [2.45, 2.75) is 141 Å². The van der Waals surface area contributed by atoms with Crippen molar-refractivity contribution < 1.29 is 29.6 Å². The third-order valence-electron chi connectivity index (χ3n) is 10.1. The van der Waals surface area contributed by atoms with E-state index in [1.54, 1.807) is 24.3 Å². The van der Waals surface area contributed by atoms with E-state index in [1.807, 2.05) is 60.5 Å². The van der Waals surface area contributed by atoms with Crippen molar-refractivity contribution in [3.05, 3.63) is 101 Å². The Morgan fingerprint density at radius 1 is 0.808 bits per heavy atom. The smallest absolute Gasteiger partial charge is 0.220 e. The minimum absolute atomic E-state index is 0.0152. The summed E-state index contributed by atoms with van der Waals surface area (Å²) in [6, 6.07) is 22.6. The van der Waals surface area contributed by atoms with Crippen molar-refractivity contribution in [2.75, 3.05) is 20.1 Å². The van der Waals surface area contributed by atoms with E-state index in [-0.39, 0.29) is 30.5 Å². The number of ether oxygens (including phenoxy) is 2. The topological polar surface area (TPSA) is 111 Å². The molecular formula is C44H64N2O6. The van der Waals surface area contributed by atoms with Crippen LogP contribution in [0.1, 0.15) is 150 Å². The van der Waals surface area contributed by atoms with Crippen molar-refractivity contribution >= 4 is 5.91 Å². The Balaban J connectivity index is 1.21. The fourth-order valence-corrected chi connectivity index (χ4v) is 6.97. The van der Waals surface area contributed by atoms with Gasteiger partial charge in [0.1, 0.15) is 5.75 Å². The minimum atomic E-state index is -0.753. The van der Waals surface area contributed by atoms with Gasteiger partial charge in [-0.05, 0) is 47.9 Å². The third-order valence-corrected chi connectivity index (χ3v) is 10.1. The van der Waals surface area contributed by atoms with Gasteiger partial charge in [-0.1, -0.05) is 145 Å². The fourth-order valence-electron chi connectivity index (χ4n) is 6.97. The highest BCUT2D eigenvalue weighted by Crippen LogP contribution is 2.38. The zero-order chi connectivity index (χ0) is 37.0. The van der Waals surface area contributed by atoms with Crippen LogP contribution in [0.15, 0.2) is 72.8 Å². The van der Waals surface area contributed by atoms with E-state index in [2.05, 4.69) is 12.2 Å². The summed E-state index contributed by atoms with van der Waals surface area (Å²) in [7, 11) is 1.95. The van der Waals surface area contributed by atoms with Crippen molar-refractivity contribution in [3.63, 3.8) is 0 Å². The quantitative estimate of drug-likeness (QED) is 0.0685. The summed E-state index contributed by atoms with van der Waals surface area (Å²) in [5.74, 6) is 0.227. The Hall–Kier alpha value is -3.27. The molecule has 286 valence electrons. The van der Waals surface area contributed by atoms with E-state index in [0.29, 0.717) is 38.0 Å². The molecular weight excluding hydrogens is 652 g/mol.